The molecule has 19 heavy (non-hydrogen) atoms. The molecule has 0 atom stereocenters. The van der Waals surface area contributed by atoms with E-state index in [0.717, 1.165) is 16.8 Å². The Bertz CT molecular complexity index is 440. The normalized spacial score (nSPS) is 10.2. The van der Waals surface area contributed by atoms with Crippen molar-refractivity contribution in [2.24, 2.45) is 0 Å². The van der Waals surface area contributed by atoms with E-state index < -0.39 is 5.97 Å². The fraction of sp³-hybridized carbons (Fsp3) is 0.429. The Morgan fingerprint density at radius 2 is 1.89 bits per heavy atom. The van der Waals surface area contributed by atoms with Gasteiger partial charge in [-0.3, -0.25) is 9.59 Å². The summed E-state index contributed by atoms with van der Waals surface area (Å²) in [5.74, 6) is 0.207. The van der Waals surface area contributed by atoms with Gasteiger partial charge < -0.3 is 10.4 Å². The second-order valence-corrected chi connectivity index (χ2v) is 5.47. The fourth-order valence-corrected chi connectivity index (χ4v) is 2.43. The number of para-hydroxylation sites is 1. The highest BCUT2D eigenvalue weighted by atomic mass is 32.2. The van der Waals surface area contributed by atoms with Crippen LogP contribution in [0.4, 0.5) is 5.69 Å². The molecule has 0 unspecified atom stereocenters. The van der Waals surface area contributed by atoms with Crippen LogP contribution in [0.2, 0.25) is 0 Å². The van der Waals surface area contributed by atoms with Crippen LogP contribution in [0.1, 0.15) is 24.0 Å². The third-order valence-corrected chi connectivity index (χ3v) is 3.70. The van der Waals surface area contributed by atoms with Crippen LogP contribution in [-0.4, -0.2) is 28.5 Å². The summed E-state index contributed by atoms with van der Waals surface area (Å²) in [6.07, 6.45) is 0.752. The van der Waals surface area contributed by atoms with E-state index in [4.69, 9.17) is 5.11 Å². The lowest BCUT2D eigenvalue weighted by atomic mass is 10.1. The van der Waals surface area contributed by atoms with Crippen molar-refractivity contribution in [1.82, 2.24) is 0 Å². The number of nitrogens with one attached hydrogen (secondary N) is 1. The first-order chi connectivity index (χ1) is 9.00. The standard InChI is InChI=1S/C14H19NO3S/c1-10-5-3-6-11(2)14(10)15-12(16)9-19-8-4-7-13(17)18/h3,5-6H,4,7-9H2,1-2H3,(H,15,16)(H,17,18). The molecule has 0 fully saturated rings. The van der Waals surface area contributed by atoms with E-state index in [2.05, 4.69) is 5.32 Å². The summed E-state index contributed by atoms with van der Waals surface area (Å²) in [5, 5.41) is 11.4. The van der Waals surface area contributed by atoms with Crippen molar-refractivity contribution in [3.63, 3.8) is 0 Å². The number of hydrogen-bond acceptors (Lipinski definition) is 3. The summed E-state index contributed by atoms with van der Waals surface area (Å²) >= 11 is 1.46. The fourth-order valence-electron chi connectivity index (χ4n) is 1.68. The van der Waals surface area contributed by atoms with Crippen LogP contribution in [0.5, 0.6) is 0 Å². The van der Waals surface area contributed by atoms with Gasteiger partial charge in [0.2, 0.25) is 5.91 Å². The molecule has 0 aromatic heterocycles. The van der Waals surface area contributed by atoms with Crippen molar-refractivity contribution in [3.05, 3.63) is 29.3 Å². The first-order valence-electron chi connectivity index (χ1n) is 6.16. The van der Waals surface area contributed by atoms with Gasteiger partial charge in [0, 0.05) is 12.1 Å². The zero-order chi connectivity index (χ0) is 14.3. The van der Waals surface area contributed by atoms with Gasteiger partial charge in [-0.2, -0.15) is 11.8 Å². The molecule has 5 heteroatoms. The summed E-state index contributed by atoms with van der Waals surface area (Å²) < 4.78 is 0. The van der Waals surface area contributed by atoms with Crippen molar-refractivity contribution in [2.75, 3.05) is 16.8 Å². The Labute approximate surface area is 117 Å². The molecule has 1 aromatic rings. The van der Waals surface area contributed by atoms with E-state index in [1.54, 1.807) is 0 Å². The average molecular weight is 281 g/mol. The zero-order valence-electron chi connectivity index (χ0n) is 11.2. The van der Waals surface area contributed by atoms with Gasteiger partial charge in [0.25, 0.3) is 0 Å². The highest BCUT2D eigenvalue weighted by Gasteiger charge is 2.07. The Morgan fingerprint density at radius 1 is 1.26 bits per heavy atom. The third kappa shape index (κ3) is 5.79. The van der Waals surface area contributed by atoms with E-state index in [1.807, 2.05) is 32.0 Å². The number of anilines is 1. The molecular weight excluding hydrogens is 262 g/mol. The molecule has 0 aliphatic carbocycles. The molecule has 1 amide bonds. The van der Waals surface area contributed by atoms with Gasteiger partial charge in [-0.1, -0.05) is 18.2 Å². The minimum absolute atomic E-state index is 0.0438. The van der Waals surface area contributed by atoms with Gasteiger partial charge in [0.1, 0.15) is 0 Å². The third-order valence-electron chi connectivity index (χ3n) is 2.66. The monoisotopic (exact) mass is 281 g/mol. The number of carboxylic acid groups (broad SMARTS) is 1. The lowest BCUT2D eigenvalue weighted by Crippen LogP contribution is -2.16. The first kappa shape index (κ1) is 15.6. The molecular formula is C14H19NO3S. The van der Waals surface area contributed by atoms with Crippen LogP contribution in [-0.2, 0) is 9.59 Å². The molecule has 0 aliphatic heterocycles. The summed E-state index contributed by atoms with van der Waals surface area (Å²) in [5.41, 5.74) is 2.96. The Balaban J connectivity index is 2.33. The molecule has 0 bridgehead atoms. The number of benzene rings is 1. The molecule has 1 rings (SSSR count). The topological polar surface area (TPSA) is 66.4 Å². The summed E-state index contributed by atoms with van der Waals surface area (Å²) in [7, 11) is 0. The number of carboxylic acids is 1. The van der Waals surface area contributed by atoms with Crippen LogP contribution < -0.4 is 5.32 Å². The van der Waals surface area contributed by atoms with Crippen LogP contribution in [0, 0.1) is 13.8 Å². The lowest BCUT2D eigenvalue weighted by molar-refractivity contribution is -0.137. The second-order valence-electron chi connectivity index (χ2n) is 4.36. The molecule has 1 aromatic carbocycles. The summed E-state index contributed by atoms with van der Waals surface area (Å²) in [6.45, 7) is 3.92. The molecule has 0 radical (unpaired) electrons. The number of hydrogen-bond donors (Lipinski definition) is 2. The summed E-state index contributed by atoms with van der Waals surface area (Å²) in [4.78, 5) is 22.1. The predicted molar refractivity (Wildman–Crippen MR) is 78.7 cm³/mol. The number of aryl methyl sites for hydroxylation is 2. The molecule has 0 spiro atoms. The average Bonchev–Trinajstić information content (AvgIpc) is 2.33. The largest absolute Gasteiger partial charge is 0.481 e. The molecule has 0 aliphatic rings. The molecule has 104 valence electrons. The minimum atomic E-state index is -0.791. The highest BCUT2D eigenvalue weighted by Crippen LogP contribution is 2.19. The Morgan fingerprint density at radius 3 is 2.47 bits per heavy atom. The minimum Gasteiger partial charge on any atom is -0.481 e. The number of amides is 1. The van der Waals surface area contributed by atoms with Crippen molar-refractivity contribution in [1.29, 1.82) is 0 Å². The van der Waals surface area contributed by atoms with Gasteiger partial charge in [0.05, 0.1) is 5.75 Å². The maximum absolute atomic E-state index is 11.8. The molecule has 0 saturated heterocycles. The van der Waals surface area contributed by atoms with Gasteiger partial charge >= 0.3 is 5.97 Å². The molecule has 2 N–H and O–H groups in total. The number of thioether (sulfide) groups is 1. The van der Waals surface area contributed by atoms with Gasteiger partial charge in [-0.25, -0.2) is 0 Å². The molecule has 4 nitrogen and oxygen atoms in total. The SMILES string of the molecule is Cc1cccc(C)c1NC(=O)CSCCCC(=O)O. The number of aliphatic carboxylic acids is 1. The smallest absolute Gasteiger partial charge is 0.303 e. The second kappa shape index (κ2) is 7.84. The van der Waals surface area contributed by atoms with Crippen molar-refractivity contribution >= 4 is 29.3 Å². The molecule has 0 heterocycles. The maximum Gasteiger partial charge on any atom is 0.303 e. The maximum atomic E-state index is 11.8. The van der Waals surface area contributed by atoms with Crippen LogP contribution in [0.15, 0.2) is 18.2 Å². The van der Waals surface area contributed by atoms with Crippen LogP contribution in [0.25, 0.3) is 0 Å². The quantitative estimate of drug-likeness (QED) is 0.754. The Hall–Kier alpha value is -1.49. The van der Waals surface area contributed by atoms with Crippen molar-refractivity contribution in [2.45, 2.75) is 26.7 Å². The number of carbonyl (C=O) groups is 2. The van der Waals surface area contributed by atoms with E-state index in [9.17, 15) is 9.59 Å². The Kier molecular flexibility index (Phi) is 6.42. The number of rotatable bonds is 7. The van der Waals surface area contributed by atoms with Gasteiger partial charge in [-0.15, -0.1) is 0 Å². The van der Waals surface area contributed by atoms with E-state index >= 15 is 0 Å². The predicted octanol–water partition coefficient (Wildman–Crippen LogP) is 2.84. The highest BCUT2D eigenvalue weighted by molar-refractivity contribution is 7.99. The van der Waals surface area contributed by atoms with Gasteiger partial charge in [0.15, 0.2) is 0 Å². The summed E-state index contributed by atoms with van der Waals surface area (Å²) in [6, 6.07) is 5.88. The van der Waals surface area contributed by atoms with E-state index in [-0.39, 0.29) is 12.3 Å². The van der Waals surface area contributed by atoms with Crippen LogP contribution in [0.3, 0.4) is 0 Å². The van der Waals surface area contributed by atoms with Gasteiger partial charge in [-0.05, 0) is 37.1 Å². The molecule has 0 saturated carbocycles. The first-order valence-corrected chi connectivity index (χ1v) is 7.32. The van der Waals surface area contributed by atoms with Crippen molar-refractivity contribution in [3.8, 4) is 0 Å². The number of carbonyl (C=O) groups excluding carboxylic acids is 1. The zero-order valence-corrected chi connectivity index (χ0v) is 12.0. The van der Waals surface area contributed by atoms with Crippen LogP contribution >= 0.6 is 11.8 Å². The lowest BCUT2D eigenvalue weighted by Gasteiger charge is -2.11. The van der Waals surface area contributed by atoms with E-state index in [1.165, 1.54) is 11.8 Å². The van der Waals surface area contributed by atoms with E-state index in [0.29, 0.717) is 17.9 Å². The van der Waals surface area contributed by atoms with Crippen molar-refractivity contribution < 1.29 is 14.7 Å².